The lowest BCUT2D eigenvalue weighted by atomic mass is 9.65. The summed E-state index contributed by atoms with van der Waals surface area (Å²) in [6.07, 6.45) is 7.30. The fourth-order valence-corrected chi connectivity index (χ4v) is 4.49. The molecular formula is C15H24O4. The maximum Gasteiger partial charge on any atom is 0.307 e. The van der Waals surface area contributed by atoms with Crippen molar-refractivity contribution in [2.24, 2.45) is 23.2 Å². The first-order chi connectivity index (χ1) is 9.01. The lowest BCUT2D eigenvalue weighted by Gasteiger charge is -2.37. The fraction of sp³-hybridized carbons (Fsp3) is 0.867. The quantitative estimate of drug-likeness (QED) is 0.695. The SMILES string of the molecule is CCCCCCC12CC(CC1C(=O)O)CC2C(=O)O. The van der Waals surface area contributed by atoms with Crippen molar-refractivity contribution >= 4 is 11.9 Å². The van der Waals surface area contributed by atoms with Crippen molar-refractivity contribution < 1.29 is 19.8 Å². The van der Waals surface area contributed by atoms with Gasteiger partial charge in [-0.3, -0.25) is 9.59 Å². The predicted molar refractivity (Wildman–Crippen MR) is 70.8 cm³/mol. The number of unbranched alkanes of at least 4 members (excludes halogenated alkanes) is 3. The third-order valence-corrected chi connectivity index (χ3v) is 5.29. The van der Waals surface area contributed by atoms with E-state index in [9.17, 15) is 19.8 Å². The summed E-state index contributed by atoms with van der Waals surface area (Å²) in [6, 6.07) is 0. The summed E-state index contributed by atoms with van der Waals surface area (Å²) in [6.45, 7) is 2.14. The number of hydrogen-bond donors (Lipinski definition) is 2. The molecule has 2 aliphatic carbocycles. The van der Waals surface area contributed by atoms with Gasteiger partial charge in [0.15, 0.2) is 0 Å². The van der Waals surface area contributed by atoms with Gasteiger partial charge in [-0.2, -0.15) is 0 Å². The van der Waals surface area contributed by atoms with Crippen molar-refractivity contribution in [1.82, 2.24) is 0 Å². The molecule has 0 spiro atoms. The highest BCUT2D eigenvalue weighted by molar-refractivity contribution is 5.77. The number of aliphatic carboxylic acids is 2. The molecule has 4 nitrogen and oxygen atoms in total. The zero-order valence-electron chi connectivity index (χ0n) is 11.6. The topological polar surface area (TPSA) is 74.6 Å². The molecular weight excluding hydrogens is 244 g/mol. The molecule has 0 saturated heterocycles. The Morgan fingerprint density at radius 2 is 1.63 bits per heavy atom. The smallest absolute Gasteiger partial charge is 0.307 e. The van der Waals surface area contributed by atoms with E-state index in [-0.39, 0.29) is 0 Å². The molecule has 2 bridgehead atoms. The molecule has 108 valence electrons. The van der Waals surface area contributed by atoms with Gasteiger partial charge in [0.2, 0.25) is 0 Å². The van der Waals surface area contributed by atoms with Crippen LogP contribution in [-0.2, 0) is 9.59 Å². The number of carbonyl (C=O) groups is 2. The van der Waals surface area contributed by atoms with Gasteiger partial charge in [0, 0.05) is 0 Å². The van der Waals surface area contributed by atoms with Crippen LogP contribution >= 0.6 is 0 Å². The Morgan fingerprint density at radius 3 is 2.11 bits per heavy atom. The molecule has 2 atom stereocenters. The lowest BCUT2D eigenvalue weighted by Crippen LogP contribution is -2.41. The van der Waals surface area contributed by atoms with Crippen molar-refractivity contribution in [3.63, 3.8) is 0 Å². The number of carboxylic acid groups (broad SMARTS) is 2. The minimum Gasteiger partial charge on any atom is -0.481 e. The lowest BCUT2D eigenvalue weighted by molar-refractivity contribution is -0.155. The summed E-state index contributed by atoms with van der Waals surface area (Å²) >= 11 is 0. The summed E-state index contributed by atoms with van der Waals surface area (Å²) < 4.78 is 0. The van der Waals surface area contributed by atoms with Gasteiger partial charge < -0.3 is 10.2 Å². The summed E-state index contributed by atoms with van der Waals surface area (Å²) in [4.78, 5) is 22.9. The molecule has 0 aliphatic heterocycles. The average Bonchev–Trinajstić information content (AvgIpc) is 2.89. The van der Waals surface area contributed by atoms with Gasteiger partial charge in [-0.25, -0.2) is 0 Å². The monoisotopic (exact) mass is 268 g/mol. The molecule has 4 heteroatoms. The van der Waals surface area contributed by atoms with Crippen LogP contribution in [-0.4, -0.2) is 22.2 Å². The molecule has 2 fully saturated rings. The number of fused-ring (bicyclic) bond motifs is 2. The molecule has 2 aliphatic rings. The van der Waals surface area contributed by atoms with Gasteiger partial charge in [-0.1, -0.05) is 32.6 Å². The van der Waals surface area contributed by atoms with Crippen LogP contribution in [0.1, 0.15) is 58.3 Å². The van der Waals surface area contributed by atoms with Crippen molar-refractivity contribution in [3.8, 4) is 0 Å². The van der Waals surface area contributed by atoms with Crippen molar-refractivity contribution in [1.29, 1.82) is 0 Å². The number of carboxylic acids is 2. The van der Waals surface area contributed by atoms with Crippen LogP contribution < -0.4 is 0 Å². The van der Waals surface area contributed by atoms with E-state index in [2.05, 4.69) is 6.92 Å². The Hall–Kier alpha value is -1.06. The molecule has 2 N–H and O–H groups in total. The zero-order valence-corrected chi connectivity index (χ0v) is 11.6. The van der Waals surface area contributed by atoms with Crippen LogP contribution in [0.2, 0.25) is 0 Å². The highest BCUT2D eigenvalue weighted by Gasteiger charge is 2.62. The Morgan fingerprint density at radius 1 is 1.05 bits per heavy atom. The first-order valence-electron chi connectivity index (χ1n) is 7.47. The van der Waals surface area contributed by atoms with Gasteiger partial charge in [-0.05, 0) is 37.0 Å². The number of rotatable bonds is 7. The first kappa shape index (κ1) is 14.4. The minimum atomic E-state index is -0.788. The summed E-state index contributed by atoms with van der Waals surface area (Å²) in [5.41, 5.74) is -0.462. The Labute approximate surface area is 114 Å². The fourth-order valence-electron chi connectivity index (χ4n) is 4.49. The van der Waals surface area contributed by atoms with Crippen LogP contribution in [0, 0.1) is 23.2 Å². The molecule has 0 radical (unpaired) electrons. The largest absolute Gasteiger partial charge is 0.481 e. The molecule has 0 heterocycles. The van der Waals surface area contributed by atoms with Crippen LogP contribution in [0.25, 0.3) is 0 Å². The Balaban J connectivity index is 2.12. The summed E-state index contributed by atoms with van der Waals surface area (Å²) in [5, 5.41) is 18.8. The van der Waals surface area contributed by atoms with Crippen molar-refractivity contribution in [3.05, 3.63) is 0 Å². The molecule has 2 saturated carbocycles. The molecule has 0 amide bonds. The van der Waals surface area contributed by atoms with Crippen LogP contribution in [0.3, 0.4) is 0 Å². The highest BCUT2D eigenvalue weighted by atomic mass is 16.4. The van der Waals surface area contributed by atoms with E-state index < -0.39 is 29.2 Å². The summed E-state index contributed by atoms with van der Waals surface area (Å²) in [5.74, 6) is -2.13. The van der Waals surface area contributed by atoms with E-state index in [4.69, 9.17) is 0 Å². The second-order valence-corrected chi connectivity index (χ2v) is 6.37. The van der Waals surface area contributed by atoms with Gasteiger partial charge in [-0.15, -0.1) is 0 Å². The zero-order chi connectivity index (χ0) is 14.0. The number of hydrogen-bond acceptors (Lipinski definition) is 2. The second kappa shape index (κ2) is 5.51. The normalized spacial score (nSPS) is 36.6. The van der Waals surface area contributed by atoms with Crippen molar-refractivity contribution in [2.75, 3.05) is 0 Å². The van der Waals surface area contributed by atoms with Crippen molar-refractivity contribution in [2.45, 2.75) is 58.3 Å². The van der Waals surface area contributed by atoms with Gasteiger partial charge in [0.05, 0.1) is 11.8 Å². The van der Waals surface area contributed by atoms with Gasteiger partial charge in [0.1, 0.15) is 0 Å². The van der Waals surface area contributed by atoms with Crippen LogP contribution in [0.5, 0.6) is 0 Å². The maximum atomic E-state index is 11.5. The van der Waals surface area contributed by atoms with Crippen LogP contribution in [0.4, 0.5) is 0 Å². The van der Waals surface area contributed by atoms with Gasteiger partial charge >= 0.3 is 11.9 Å². The first-order valence-corrected chi connectivity index (χ1v) is 7.47. The molecule has 2 rings (SSSR count). The van der Waals surface area contributed by atoms with E-state index in [0.29, 0.717) is 18.8 Å². The van der Waals surface area contributed by atoms with E-state index in [1.807, 2.05) is 0 Å². The molecule has 0 aromatic carbocycles. The maximum absolute atomic E-state index is 11.5. The standard InChI is InChI=1S/C15H24O4/c1-2-3-4-5-6-15-9-10(7-11(15)13(16)17)8-12(15)14(18)19/h10-12H,2-9H2,1H3,(H,16,17)(H,18,19). The Bertz CT molecular complexity index is 339. The summed E-state index contributed by atoms with van der Waals surface area (Å²) in [7, 11) is 0. The minimum absolute atomic E-state index is 0.313. The third kappa shape index (κ3) is 2.49. The average molecular weight is 268 g/mol. The molecule has 0 aromatic heterocycles. The van der Waals surface area contributed by atoms with E-state index in [1.165, 1.54) is 0 Å². The highest BCUT2D eigenvalue weighted by Crippen LogP contribution is 2.63. The Kier molecular flexibility index (Phi) is 4.16. The van der Waals surface area contributed by atoms with E-state index >= 15 is 0 Å². The predicted octanol–water partition coefficient (Wildman–Crippen LogP) is 3.16. The van der Waals surface area contributed by atoms with E-state index in [0.717, 1.165) is 38.5 Å². The van der Waals surface area contributed by atoms with Crippen LogP contribution in [0.15, 0.2) is 0 Å². The molecule has 0 aromatic rings. The van der Waals surface area contributed by atoms with E-state index in [1.54, 1.807) is 0 Å². The molecule has 19 heavy (non-hydrogen) atoms. The molecule has 2 unspecified atom stereocenters. The third-order valence-electron chi connectivity index (χ3n) is 5.29. The van der Waals surface area contributed by atoms with Gasteiger partial charge in [0.25, 0.3) is 0 Å². The second-order valence-electron chi connectivity index (χ2n) is 6.37.